The molecule has 4 bridgehead atoms. The quantitative estimate of drug-likeness (QED) is 0.824. The number of amides is 2. The van der Waals surface area contributed by atoms with Gasteiger partial charge < -0.3 is 0 Å². The first kappa shape index (κ1) is 14.7. The Kier molecular flexibility index (Phi) is 3.22. The Morgan fingerprint density at radius 3 is 2.52 bits per heavy atom. The van der Waals surface area contributed by atoms with E-state index >= 15 is 0 Å². The summed E-state index contributed by atoms with van der Waals surface area (Å²) in [6, 6.07) is 3.39. The summed E-state index contributed by atoms with van der Waals surface area (Å²) in [5.41, 5.74) is 5.73. The van der Waals surface area contributed by atoms with E-state index in [4.69, 9.17) is 0 Å². The molecule has 4 atom stereocenters. The van der Waals surface area contributed by atoms with Gasteiger partial charge in [0.05, 0.1) is 11.0 Å². The number of carbonyl (C=O) groups excluding carboxylic acids is 2. The van der Waals surface area contributed by atoms with Crippen molar-refractivity contribution in [1.82, 2.24) is 15.8 Å². The van der Waals surface area contributed by atoms with Gasteiger partial charge in [-0.05, 0) is 67.9 Å². The van der Waals surface area contributed by atoms with E-state index in [9.17, 15) is 9.59 Å². The van der Waals surface area contributed by atoms with Gasteiger partial charge in [-0.25, -0.2) is 0 Å². The molecule has 1 aromatic rings. The van der Waals surface area contributed by atoms with Gasteiger partial charge in [-0.3, -0.25) is 25.4 Å². The van der Waals surface area contributed by atoms with E-state index in [2.05, 4.69) is 22.8 Å². The maximum Gasteiger partial charge on any atom is 0.271 e. The van der Waals surface area contributed by atoms with Crippen molar-refractivity contribution in [2.75, 3.05) is 0 Å². The summed E-state index contributed by atoms with van der Waals surface area (Å²) >= 11 is 0. The standard InChI is InChI=1S/C18H23N3O2/c1-17-6-12-5-13(7-17)9-18(8-12,11-17)16(23)21-20-15(22)14-3-2-4-19-10-14/h2-4,10,12-13H,5-9,11H2,1H3,(H,20,22)(H,21,23)/t12-,13+,17?,18?. The molecule has 2 unspecified atom stereocenters. The van der Waals surface area contributed by atoms with E-state index in [1.807, 2.05) is 0 Å². The van der Waals surface area contributed by atoms with Gasteiger partial charge in [-0.2, -0.15) is 0 Å². The average Bonchev–Trinajstić information content (AvgIpc) is 2.50. The maximum atomic E-state index is 12.8. The molecule has 2 amide bonds. The van der Waals surface area contributed by atoms with Crippen LogP contribution in [0, 0.1) is 22.7 Å². The predicted octanol–water partition coefficient (Wildman–Crippen LogP) is 2.45. The van der Waals surface area contributed by atoms with Gasteiger partial charge in [-0.1, -0.05) is 6.92 Å². The predicted molar refractivity (Wildman–Crippen MR) is 85.1 cm³/mol. The van der Waals surface area contributed by atoms with Crippen molar-refractivity contribution in [1.29, 1.82) is 0 Å². The monoisotopic (exact) mass is 313 g/mol. The van der Waals surface area contributed by atoms with Crippen LogP contribution in [0.5, 0.6) is 0 Å². The minimum atomic E-state index is -0.317. The second-order valence-electron chi connectivity index (χ2n) is 8.20. The molecule has 5 rings (SSSR count). The molecule has 5 heteroatoms. The molecule has 1 heterocycles. The first-order valence-electron chi connectivity index (χ1n) is 8.49. The van der Waals surface area contributed by atoms with Crippen molar-refractivity contribution in [2.24, 2.45) is 22.7 Å². The van der Waals surface area contributed by atoms with E-state index in [-0.39, 0.29) is 17.2 Å². The zero-order valence-corrected chi connectivity index (χ0v) is 13.5. The summed E-state index contributed by atoms with van der Waals surface area (Å²) in [5, 5.41) is 0. The summed E-state index contributed by atoms with van der Waals surface area (Å²) in [6.45, 7) is 2.33. The molecule has 5 nitrogen and oxygen atoms in total. The molecule has 4 fully saturated rings. The second-order valence-corrected chi connectivity index (χ2v) is 8.20. The van der Waals surface area contributed by atoms with Crippen LogP contribution in [0.2, 0.25) is 0 Å². The molecule has 0 aromatic carbocycles. The molecule has 0 aliphatic heterocycles. The van der Waals surface area contributed by atoms with Crippen LogP contribution in [0.4, 0.5) is 0 Å². The van der Waals surface area contributed by atoms with Crippen LogP contribution in [0.3, 0.4) is 0 Å². The Labute approximate surface area is 136 Å². The molecule has 23 heavy (non-hydrogen) atoms. The highest BCUT2D eigenvalue weighted by molar-refractivity contribution is 5.95. The number of pyridine rings is 1. The van der Waals surface area contributed by atoms with Crippen LogP contribution < -0.4 is 10.9 Å². The molecule has 1 aromatic heterocycles. The fourth-order valence-electron chi connectivity index (χ4n) is 5.80. The third-order valence-electron chi connectivity index (χ3n) is 6.05. The van der Waals surface area contributed by atoms with E-state index in [1.165, 1.54) is 25.5 Å². The molecular weight excluding hydrogens is 290 g/mol. The molecular formula is C18H23N3O2. The summed E-state index contributed by atoms with van der Waals surface area (Å²) < 4.78 is 0. The fraction of sp³-hybridized carbons (Fsp3) is 0.611. The third-order valence-corrected chi connectivity index (χ3v) is 6.05. The summed E-state index contributed by atoms with van der Waals surface area (Å²) in [4.78, 5) is 28.8. The Morgan fingerprint density at radius 1 is 1.17 bits per heavy atom. The fourth-order valence-corrected chi connectivity index (χ4v) is 5.80. The lowest BCUT2D eigenvalue weighted by molar-refractivity contribution is -0.156. The average molecular weight is 313 g/mol. The number of nitrogens with zero attached hydrogens (tertiary/aromatic N) is 1. The van der Waals surface area contributed by atoms with Crippen molar-refractivity contribution >= 4 is 11.8 Å². The minimum Gasteiger partial charge on any atom is -0.273 e. The van der Waals surface area contributed by atoms with Crippen LogP contribution in [-0.2, 0) is 4.79 Å². The zero-order valence-electron chi connectivity index (χ0n) is 13.5. The van der Waals surface area contributed by atoms with Crippen molar-refractivity contribution in [3.05, 3.63) is 30.1 Å². The summed E-state index contributed by atoms with van der Waals surface area (Å²) in [7, 11) is 0. The third kappa shape index (κ3) is 2.52. The largest absolute Gasteiger partial charge is 0.273 e. The van der Waals surface area contributed by atoms with Gasteiger partial charge in [0.2, 0.25) is 5.91 Å². The normalized spacial score (nSPS) is 37.4. The lowest BCUT2D eigenvalue weighted by atomic mass is 9.44. The van der Waals surface area contributed by atoms with E-state index in [1.54, 1.807) is 18.3 Å². The molecule has 4 aliphatic carbocycles. The van der Waals surface area contributed by atoms with Crippen LogP contribution in [-0.4, -0.2) is 16.8 Å². The SMILES string of the molecule is CC12C[C@H]3C[C@@H](C1)CC(C(=O)NNC(=O)c1cccnc1)(C3)C2. The van der Waals surface area contributed by atoms with Crippen molar-refractivity contribution in [3.63, 3.8) is 0 Å². The lowest BCUT2D eigenvalue weighted by Gasteiger charge is -2.60. The van der Waals surface area contributed by atoms with Gasteiger partial charge in [-0.15, -0.1) is 0 Å². The second kappa shape index (κ2) is 5.05. The number of nitrogens with one attached hydrogen (secondary N) is 2. The number of carbonyl (C=O) groups is 2. The van der Waals surface area contributed by atoms with Gasteiger partial charge >= 0.3 is 0 Å². The summed E-state index contributed by atoms with van der Waals surface area (Å²) in [6.07, 6.45) is 9.84. The topological polar surface area (TPSA) is 71.1 Å². The molecule has 0 radical (unpaired) electrons. The van der Waals surface area contributed by atoms with Gasteiger partial charge in [0.25, 0.3) is 5.91 Å². The number of hydrogen-bond donors (Lipinski definition) is 2. The number of rotatable bonds is 2. The van der Waals surface area contributed by atoms with Crippen LogP contribution in [0.15, 0.2) is 24.5 Å². The van der Waals surface area contributed by atoms with Crippen molar-refractivity contribution in [3.8, 4) is 0 Å². The first-order chi connectivity index (χ1) is 11.0. The molecule has 0 spiro atoms. The minimum absolute atomic E-state index is 0.00457. The van der Waals surface area contributed by atoms with E-state index < -0.39 is 0 Å². The summed E-state index contributed by atoms with van der Waals surface area (Å²) in [5.74, 6) is 1.04. The molecule has 122 valence electrons. The van der Waals surface area contributed by atoms with Gasteiger partial charge in [0, 0.05) is 12.4 Å². The van der Waals surface area contributed by atoms with Crippen LogP contribution >= 0.6 is 0 Å². The number of aromatic nitrogens is 1. The van der Waals surface area contributed by atoms with Crippen molar-refractivity contribution in [2.45, 2.75) is 45.4 Å². The zero-order chi connectivity index (χ0) is 16.1. The Hall–Kier alpha value is -1.91. The Morgan fingerprint density at radius 2 is 1.91 bits per heavy atom. The van der Waals surface area contributed by atoms with E-state index in [0.29, 0.717) is 22.8 Å². The molecule has 4 saturated carbocycles. The van der Waals surface area contributed by atoms with Gasteiger partial charge in [0.15, 0.2) is 0 Å². The van der Waals surface area contributed by atoms with Crippen LogP contribution in [0.1, 0.15) is 55.8 Å². The molecule has 0 saturated heterocycles. The number of hydrogen-bond acceptors (Lipinski definition) is 3. The Balaban J connectivity index is 1.44. The van der Waals surface area contributed by atoms with Crippen molar-refractivity contribution < 1.29 is 9.59 Å². The molecule has 4 aliphatic rings. The highest BCUT2D eigenvalue weighted by Crippen LogP contribution is 2.65. The highest BCUT2D eigenvalue weighted by atomic mass is 16.2. The van der Waals surface area contributed by atoms with Crippen LogP contribution in [0.25, 0.3) is 0 Å². The first-order valence-corrected chi connectivity index (χ1v) is 8.49. The molecule has 2 N–H and O–H groups in total. The Bertz CT molecular complexity index is 629. The van der Waals surface area contributed by atoms with Gasteiger partial charge in [0.1, 0.15) is 0 Å². The number of hydrazine groups is 1. The lowest BCUT2D eigenvalue weighted by Crippen LogP contribution is -2.59. The smallest absolute Gasteiger partial charge is 0.271 e. The maximum absolute atomic E-state index is 12.8. The van der Waals surface area contributed by atoms with E-state index in [0.717, 1.165) is 19.3 Å². The highest BCUT2D eigenvalue weighted by Gasteiger charge is 2.58.